The molecule has 0 saturated carbocycles. The van der Waals surface area contributed by atoms with Gasteiger partial charge in [-0.3, -0.25) is 0 Å². The summed E-state index contributed by atoms with van der Waals surface area (Å²) in [6.07, 6.45) is 0. The molecule has 6 aromatic rings. The van der Waals surface area contributed by atoms with Gasteiger partial charge in [-0.15, -0.1) is 0 Å². The first-order valence-electron chi connectivity index (χ1n) is 14.6. The van der Waals surface area contributed by atoms with Gasteiger partial charge < -0.3 is 4.57 Å². The molecule has 0 unspecified atom stereocenters. The normalized spacial score (nSPS) is 17.4. The fourth-order valence-corrected chi connectivity index (χ4v) is 7.94. The maximum atomic E-state index is 2.47. The first-order valence-corrected chi connectivity index (χ1v) is 14.6. The molecular weight excluding hydrogens is 482 g/mol. The van der Waals surface area contributed by atoms with Gasteiger partial charge >= 0.3 is 0 Å². The van der Waals surface area contributed by atoms with Crippen LogP contribution in [0.2, 0.25) is 0 Å². The minimum Gasteiger partial charge on any atom is -0.309 e. The Hall–Kier alpha value is -4.10. The third kappa shape index (κ3) is 2.73. The van der Waals surface area contributed by atoms with Crippen LogP contribution in [0.3, 0.4) is 0 Å². The Kier molecular flexibility index (Phi) is 4.48. The highest BCUT2D eigenvalue weighted by Crippen LogP contribution is 2.61. The van der Waals surface area contributed by atoms with Crippen molar-refractivity contribution in [1.82, 2.24) is 4.57 Å². The Morgan fingerprint density at radius 2 is 1.07 bits per heavy atom. The van der Waals surface area contributed by atoms with E-state index in [0.717, 1.165) is 0 Å². The zero-order valence-electron chi connectivity index (χ0n) is 24.3. The van der Waals surface area contributed by atoms with Crippen LogP contribution in [0.25, 0.3) is 49.7 Å². The van der Waals surface area contributed by atoms with E-state index in [1.807, 2.05) is 0 Å². The van der Waals surface area contributed by atoms with Gasteiger partial charge in [-0.1, -0.05) is 120 Å². The maximum Gasteiger partial charge on any atom is 0.0541 e. The van der Waals surface area contributed by atoms with Crippen molar-refractivity contribution in [2.45, 2.75) is 57.8 Å². The molecule has 0 N–H and O–H groups in total. The third-order valence-corrected chi connectivity index (χ3v) is 10.7. The summed E-state index contributed by atoms with van der Waals surface area (Å²) in [6.45, 7) is 14.6. The summed E-state index contributed by atoms with van der Waals surface area (Å²) in [7, 11) is 0. The van der Waals surface area contributed by atoms with Gasteiger partial charge in [0, 0.05) is 27.3 Å². The van der Waals surface area contributed by atoms with E-state index in [1.54, 1.807) is 0 Å². The lowest BCUT2D eigenvalue weighted by molar-refractivity contribution is 0.299. The molecule has 2 aliphatic carbocycles. The van der Waals surface area contributed by atoms with Crippen molar-refractivity contribution < 1.29 is 0 Å². The molecule has 0 bridgehead atoms. The fraction of sp³-hybridized carbons (Fsp3) is 0.231. The van der Waals surface area contributed by atoms with Gasteiger partial charge in [0.2, 0.25) is 0 Å². The topological polar surface area (TPSA) is 4.93 Å². The molecule has 40 heavy (non-hydrogen) atoms. The van der Waals surface area contributed by atoms with Crippen molar-refractivity contribution in [3.8, 4) is 27.9 Å². The summed E-state index contributed by atoms with van der Waals surface area (Å²) in [5.41, 5.74) is 15.1. The SMILES string of the molecule is CC1(C)c2cc(-n3c4ccccc4c4ccccc43)ccc2-c2c1ccc1c2C(C)(C)C(C)(C)c2ccccc2-1. The van der Waals surface area contributed by atoms with E-state index in [0.29, 0.717) is 0 Å². The van der Waals surface area contributed by atoms with Crippen LogP contribution < -0.4 is 0 Å². The van der Waals surface area contributed by atoms with Crippen LogP contribution in [-0.4, -0.2) is 4.57 Å². The van der Waals surface area contributed by atoms with Crippen LogP contribution >= 0.6 is 0 Å². The predicted molar refractivity (Wildman–Crippen MR) is 170 cm³/mol. The molecule has 0 atom stereocenters. The third-order valence-electron chi connectivity index (χ3n) is 10.7. The average molecular weight is 518 g/mol. The molecule has 1 heterocycles. The monoisotopic (exact) mass is 517 g/mol. The summed E-state index contributed by atoms with van der Waals surface area (Å²) in [5.74, 6) is 0. The molecule has 2 aliphatic rings. The Morgan fingerprint density at radius 1 is 0.475 bits per heavy atom. The summed E-state index contributed by atoms with van der Waals surface area (Å²) in [5, 5.41) is 2.61. The molecule has 1 heteroatoms. The number of benzene rings is 5. The molecular formula is C39H35N. The highest BCUT2D eigenvalue weighted by Gasteiger charge is 2.49. The van der Waals surface area contributed by atoms with Crippen LogP contribution in [0.4, 0.5) is 0 Å². The van der Waals surface area contributed by atoms with E-state index >= 15 is 0 Å². The smallest absolute Gasteiger partial charge is 0.0541 e. The van der Waals surface area contributed by atoms with Crippen molar-refractivity contribution in [2.75, 3.05) is 0 Å². The first kappa shape index (κ1) is 23.8. The van der Waals surface area contributed by atoms with Crippen molar-refractivity contribution in [3.05, 3.63) is 125 Å². The Bertz CT molecular complexity index is 1970. The van der Waals surface area contributed by atoms with Crippen molar-refractivity contribution >= 4 is 21.8 Å². The molecule has 5 aromatic carbocycles. The highest BCUT2D eigenvalue weighted by atomic mass is 15.0. The zero-order chi connectivity index (χ0) is 27.6. The van der Waals surface area contributed by atoms with E-state index in [2.05, 4.69) is 149 Å². The van der Waals surface area contributed by atoms with E-state index < -0.39 is 0 Å². The zero-order valence-corrected chi connectivity index (χ0v) is 24.3. The Morgan fingerprint density at radius 3 is 1.77 bits per heavy atom. The lowest BCUT2D eigenvalue weighted by atomic mass is 9.54. The predicted octanol–water partition coefficient (Wildman–Crippen LogP) is 10.3. The lowest BCUT2D eigenvalue weighted by Crippen LogP contribution is -2.44. The van der Waals surface area contributed by atoms with Crippen molar-refractivity contribution in [3.63, 3.8) is 0 Å². The second-order valence-electron chi connectivity index (χ2n) is 13.4. The van der Waals surface area contributed by atoms with Crippen LogP contribution in [0, 0.1) is 0 Å². The molecule has 0 fully saturated rings. The molecule has 1 aromatic heterocycles. The van der Waals surface area contributed by atoms with E-state index in [1.165, 1.54) is 72.0 Å². The molecule has 8 rings (SSSR count). The number of rotatable bonds is 1. The minimum absolute atomic E-state index is 0.00151. The minimum atomic E-state index is -0.0916. The van der Waals surface area contributed by atoms with Gasteiger partial charge in [-0.2, -0.15) is 0 Å². The summed E-state index contributed by atoms with van der Waals surface area (Å²) < 4.78 is 2.45. The number of hydrogen-bond acceptors (Lipinski definition) is 0. The lowest BCUT2D eigenvalue weighted by Gasteiger charge is -2.49. The molecule has 0 saturated heterocycles. The number of fused-ring (bicyclic) bond motifs is 10. The summed E-state index contributed by atoms with van der Waals surface area (Å²) in [6, 6.07) is 38.7. The second-order valence-corrected chi connectivity index (χ2v) is 13.4. The molecule has 1 nitrogen and oxygen atoms in total. The van der Waals surface area contributed by atoms with E-state index in [4.69, 9.17) is 0 Å². The van der Waals surface area contributed by atoms with E-state index in [9.17, 15) is 0 Å². The van der Waals surface area contributed by atoms with Crippen molar-refractivity contribution in [2.24, 2.45) is 0 Å². The highest BCUT2D eigenvalue weighted by molar-refractivity contribution is 6.09. The molecule has 0 aliphatic heterocycles. The van der Waals surface area contributed by atoms with Gasteiger partial charge in [-0.25, -0.2) is 0 Å². The van der Waals surface area contributed by atoms with Gasteiger partial charge in [-0.05, 0) is 74.2 Å². The number of aromatic nitrogens is 1. The van der Waals surface area contributed by atoms with E-state index in [-0.39, 0.29) is 16.2 Å². The first-order chi connectivity index (χ1) is 19.1. The van der Waals surface area contributed by atoms with Crippen molar-refractivity contribution in [1.29, 1.82) is 0 Å². The summed E-state index contributed by atoms with van der Waals surface area (Å²) >= 11 is 0. The van der Waals surface area contributed by atoms with Crippen LogP contribution in [0.5, 0.6) is 0 Å². The largest absolute Gasteiger partial charge is 0.309 e. The molecule has 196 valence electrons. The van der Waals surface area contributed by atoms with Gasteiger partial charge in [0.05, 0.1) is 11.0 Å². The number of nitrogens with zero attached hydrogens (tertiary/aromatic N) is 1. The molecule has 0 amide bonds. The Balaban J connectivity index is 1.43. The fourth-order valence-electron chi connectivity index (χ4n) is 7.94. The average Bonchev–Trinajstić information content (AvgIpc) is 3.41. The molecule has 0 radical (unpaired) electrons. The summed E-state index contributed by atoms with van der Waals surface area (Å²) in [4.78, 5) is 0. The van der Waals surface area contributed by atoms with Crippen LogP contribution in [0.1, 0.15) is 63.8 Å². The number of para-hydroxylation sites is 2. The van der Waals surface area contributed by atoms with Gasteiger partial charge in [0.1, 0.15) is 0 Å². The quantitative estimate of drug-likeness (QED) is 0.204. The number of hydrogen-bond donors (Lipinski definition) is 0. The maximum absolute atomic E-state index is 2.47. The standard InChI is InChI=1S/C39H35N/c1-37(2)31-22-21-28-25-13-7-10-16-30(25)38(3,4)39(5,6)36(28)35(31)29-20-19-24(23-32(29)37)40-33-17-11-8-14-26(33)27-15-9-12-18-34(27)40/h7-23H,1-6H3. The Labute approximate surface area is 237 Å². The van der Waals surface area contributed by atoms with Crippen LogP contribution in [-0.2, 0) is 16.2 Å². The van der Waals surface area contributed by atoms with Gasteiger partial charge in [0.25, 0.3) is 0 Å². The van der Waals surface area contributed by atoms with Gasteiger partial charge in [0.15, 0.2) is 0 Å². The van der Waals surface area contributed by atoms with Crippen LogP contribution in [0.15, 0.2) is 103 Å². The molecule has 0 spiro atoms. The second kappa shape index (κ2) is 7.55.